The third-order valence-corrected chi connectivity index (χ3v) is 4.63. The molecule has 0 saturated heterocycles. The minimum atomic E-state index is -0.716. The molecular formula is C14H16BrFO2. The highest BCUT2D eigenvalue weighted by Crippen LogP contribution is 2.34. The first-order chi connectivity index (χ1) is 8.59. The van der Waals surface area contributed by atoms with E-state index in [0.29, 0.717) is 10.9 Å². The second-order valence-electron chi connectivity index (χ2n) is 4.91. The third kappa shape index (κ3) is 2.91. The van der Waals surface area contributed by atoms with E-state index in [1.807, 2.05) is 6.07 Å². The van der Waals surface area contributed by atoms with Crippen molar-refractivity contribution in [3.8, 4) is 0 Å². The summed E-state index contributed by atoms with van der Waals surface area (Å²) in [6, 6.07) is 4.94. The summed E-state index contributed by atoms with van der Waals surface area (Å²) in [4.78, 5) is 11.2. The predicted octanol–water partition coefficient (Wildman–Crippen LogP) is 4.02. The average molecular weight is 315 g/mol. The number of carbonyl (C=O) groups is 1. The Morgan fingerprint density at radius 3 is 2.83 bits per heavy atom. The molecule has 0 radical (unpaired) electrons. The molecule has 1 fully saturated rings. The van der Waals surface area contributed by atoms with Crippen LogP contribution in [0.4, 0.5) is 4.39 Å². The molecule has 0 aliphatic heterocycles. The molecular weight excluding hydrogens is 299 g/mol. The normalized spacial score (nSPS) is 23.9. The van der Waals surface area contributed by atoms with Crippen molar-refractivity contribution in [2.24, 2.45) is 11.8 Å². The molecule has 1 N–H and O–H groups in total. The van der Waals surface area contributed by atoms with Crippen molar-refractivity contribution in [1.29, 1.82) is 0 Å². The molecule has 1 aromatic carbocycles. The van der Waals surface area contributed by atoms with Crippen LogP contribution in [-0.4, -0.2) is 11.1 Å². The van der Waals surface area contributed by atoms with Crippen LogP contribution >= 0.6 is 15.9 Å². The van der Waals surface area contributed by atoms with E-state index in [4.69, 9.17) is 0 Å². The number of aliphatic carboxylic acids is 1. The van der Waals surface area contributed by atoms with E-state index < -0.39 is 5.97 Å². The lowest BCUT2D eigenvalue weighted by Crippen LogP contribution is -2.28. The standard InChI is InChI=1S/C14H16BrFO2/c15-13-10(5-3-7-12(13)16)8-9-4-1-2-6-11(9)14(17)18/h3,5,7,9,11H,1-2,4,6,8H2,(H,17,18). The van der Waals surface area contributed by atoms with Crippen LogP contribution in [-0.2, 0) is 11.2 Å². The Hall–Kier alpha value is -0.900. The van der Waals surface area contributed by atoms with Gasteiger partial charge in [-0.15, -0.1) is 0 Å². The van der Waals surface area contributed by atoms with Crippen LogP contribution in [0.15, 0.2) is 22.7 Å². The maximum absolute atomic E-state index is 13.4. The zero-order valence-electron chi connectivity index (χ0n) is 10.0. The fourth-order valence-corrected chi connectivity index (χ4v) is 3.19. The summed E-state index contributed by atoms with van der Waals surface area (Å²) in [7, 11) is 0. The number of carboxylic acids is 1. The van der Waals surface area contributed by atoms with E-state index in [2.05, 4.69) is 15.9 Å². The van der Waals surface area contributed by atoms with Crippen molar-refractivity contribution < 1.29 is 14.3 Å². The minimum Gasteiger partial charge on any atom is -0.481 e. The summed E-state index contributed by atoms with van der Waals surface area (Å²) >= 11 is 3.24. The van der Waals surface area contributed by atoms with Crippen molar-refractivity contribution in [3.63, 3.8) is 0 Å². The van der Waals surface area contributed by atoms with Crippen molar-refractivity contribution in [3.05, 3.63) is 34.1 Å². The Morgan fingerprint density at radius 1 is 1.39 bits per heavy atom. The van der Waals surface area contributed by atoms with Gasteiger partial charge >= 0.3 is 5.97 Å². The highest BCUT2D eigenvalue weighted by Gasteiger charge is 2.31. The molecule has 0 heterocycles. The quantitative estimate of drug-likeness (QED) is 0.914. The van der Waals surface area contributed by atoms with E-state index in [9.17, 15) is 14.3 Å². The molecule has 0 amide bonds. The van der Waals surface area contributed by atoms with Gasteiger partial charge in [0.1, 0.15) is 5.82 Å². The summed E-state index contributed by atoms with van der Waals surface area (Å²) in [6.07, 6.45) is 4.35. The summed E-state index contributed by atoms with van der Waals surface area (Å²) in [5.74, 6) is -1.16. The Labute approximate surface area is 114 Å². The Balaban J connectivity index is 2.16. The van der Waals surface area contributed by atoms with E-state index >= 15 is 0 Å². The topological polar surface area (TPSA) is 37.3 Å². The lowest BCUT2D eigenvalue weighted by Gasteiger charge is -2.28. The largest absolute Gasteiger partial charge is 0.481 e. The molecule has 1 aliphatic carbocycles. The second-order valence-corrected chi connectivity index (χ2v) is 5.70. The van der Waals surface area contributed by atoms with Gasteiger partial charge < -0.3 is 5.11 Å². The lowest BCUT2D eigenvalue weighted by molar-refractivity contribution is -0.144. The molecule has 4 heteroatoms. The van der Waals surface area contributed by atoms with Gasteiger partial charge in [0.2, 0.25) is 0 Å². The van der Waals surface area contributed by atoms with E-state index in [1.165, 1.54) is 6.07 Å². The first-order valence-electron chi connectivity index (χ1n) is 6.25. The fraction of sp³-hybridized carbons (Fsp3) is 0.500. The Morgan fingerprint density at radius 2 is 2.11 bits per heavy atom. The molecule has 0 aromatic heterocycles. The van der Waals surface area contributed by atoms with Gasteiger partial charge in [-0.2, -0.15) is 0 Å². The number of halogens is 2. The summed E-state index contributed by atoms with van der Waals surface area (Å²) in [6.45, 7) is 0. The number of hydrogen-bond donors (Lipinski definition) is 1. The van der Waals surface area contributed by atoms with Crippen LogP contribution < -0.4 is 0 Å². The number of hydrogen-bond acceptors (Lipinski definition) is 1. The van der Waals surface area contributed by atoms with Crippen molar-refractivity contribution in [2.45, 2.75) is 32.1 Å². The molecule has 0 spiro atoms. The third-order valence-electron chi connectivity index (χ3n) is 3.74. The fourth-order valence-electron chi connectivity index (χ4n) is 2.77. The van der Waals surface area contributed by atoms with Crippen LogP contribution in [0.1, 0.15) is 31.2 Å². The number of rotatable bonds is 3. The SMILES string of the molecule is O=C(O)C1CCCCC1Cc1cccc(F)c1Br. The number of carboxylic acid groups (broad SMARTS) is 1. The van der Waals surface area contributed by atoms with Gasteiger partial charge in [-0.1, -0.05) is 25.0 Å². The van der Waals surface area contributed by atoms with Gasteiger partial charge in [-0.3, -0.25) is 4.79 Å². The monoisotopic (exact) mass is 314 g/mol. The molecule has 2 unspecified atom stereocenters. The molecule has 98 valence electrons. The maximum Gasteiger partial charge on any atom is 0.306 e. The highest BCUT2D eigenvalue weighted by atomic mass is 79.9. The molecule has 2 rings (SSSR count). The number of benzene rings is 1. The molecule has 1 aromatic rings. The minimum absolute atomic E-state index is 0.120. The molecule has 2 atom stereocenters. The van der Waals surface area contributed by atoms with Crippen molar-refractivity contribution in [1.82, 2.24) is 0 Å². The smallest absolute Gasteiger partial charge is 0.306 e. The van der Waals surface area contributed by atoms with Gasteiger partial charge in [0.15, 0.2) is 0 Å². The Kier molecular flexibility index (Phi) is 4.38. The van der Waals surface area contributed by atoms with Crippen molar-refractivity contribution in [2.75, 3.05) is 0 Å². The maximum atomic E-state index is 13.4. The van der Waals surface area contributed by atoms with Crippen molar-refractivity contribution >= 4 is 21.9 Å². The van der Waals surface area contributed by atoms with Gasteiger partial charge in [-0.05, 0) is 52.7 Å². The molecule has 0 bridgehead atoms. The zero-order valence-corrected chi connectivity index (χ0v) is 11.6. The van der Waals surface area contributed by atoms with Crippen LogP contribution in [0.25, 0.3) is 0 Å². The molecule has 2 nitrogen and oxygen atoms in total. The summed E-state index contributed by atoms with van der Waals surface area (Å²) in [5, 5.41) is 9.22. The van der Waals surface area contributed by atoms with Crippen LogP contribution in [0.5, 0.6) is 0 Å². The molecule has 18 heavy (non-hydrogen) atoms. The molecule has 1 aliphatic rings. The lowest BCUT2D eigenvalue weighted by atomic mass is 9.76. The highest BCUT2D eigenvalue weighted by molar-refractivity contribution is 9.10. The Bertz CT molecular complexity index is 447. The van der Waals surface area contributed by atoms with Gasteiger partial charge in [0, 0.05) is 0 Å². The predicted molar refractivity (Wildman–Crippen MR) is 70.9 cm³/mol. The van der Waals surface area contributed by atoms with E-state index in [0.717, 1.165) is 31.2 Å². The second kappa shape index (κ2) is 5.83. The van der Waals surface area contributed by atoms with Gasteiger partial charge in [0.25, 0.3) is 0 Å². The van der Waals surface area contributed by atoms with Crippen LogP contribution in [0.3, 0.4) is 0 Å². The van der Waals surface area contributed by atoms with Gasteiger partial charge in [-0.25, -0.2) is 4.39 Å². The van der Waals surface area contributed by atoms with Crippen LogP contribution in [0, 0.1) is 17.7 Å². The van der Waals surface area contributed by atoms with Gasteiger partial charge in [0.05, 0.1) is 10.4 Å². The first-order valence-corrected chi connectivity index (χ1v) is 7.04. The summed E-state index contributed by atoms with van der Waals surface area (Å²) < 4.78 is 13.9. The zero-order chi connectivity index (χ0) is 13.1. The van der Waals surface area contributed by atoms with E-state index in [-0.39, 0.29) is 17.7 Å². The van der Waals surface area contributed by atoms with Crippen LogP contribution in [0.2, 0.25) is 0 Å². The first kappa shape index (κ1) is 13.5. The molecule has 1 saturated carbocycles. The average Bonchev–Trinajstić information content (AvgIpc) is 2.35. The van der Waals surface area contributed by atoms with E-state index in [1.54, 1.807) is 6.07 Å². The summed E-state index contributed by atoms with van der Waals surface area (Å²) in [5.41, 5.74) is 0.869.